The number of aliphatic hydroxyl groups excluding tert-OH is 2. The lowest BCUT2D eigenvalue weighted by atomic mass is 10.0. The van der Waals surface area contributed by atoms with E-state index in [1.54, 1.807) is 30.3 Å². The lowest BCUT2D eigenvalue weighted by molar-refractivity contribution is -0.145. The summed E-state index contributed by atoms with van der Waals surface area (Å²) in [7, 11) is 0. The van der Waals surface area contributed by atoms with E-state index >= 15 is 0 Å². The fraction of sp³-hybridized carbons (Fsp3) is 0.524. The number of aliphatic carboxylic acids is 1. The minimum atomic E-state index is -1.55. The molecule has 11 nitrogen and oxygen atoms in total. The van der Waals surface area contributed by atoms with Gasteiger partial charge in [0.15, 0.2) is 6.04 Å². The Morgan fingerprint density at radius 3 is 2.41 bits per heavy atom. The summed E-state index contributed by atoms with van der Waals surface area (Å²) in [5, 5.41) is 32.9. The van der Waals surface area contributed by atoms with E-state index in [0.717, 1.165) is 5.56 Å². The second kappa shape index (κ2) is 11.6. The summed E-state index contributed by atoms with van der Waals surface area (Å²) in [4.78, 5) is 50.9. The molecule has 0 aliphatic carbocycles. The van der Waals surface area contributed by atoms with Gasteiger partial charge in [0, 0.05) is 13.0 Å². The van der Waals surface area contributed by atoms with Crippen LogP contribution in [0, 0.1) is 0 Å². The Morgan fingerprint density at radius 1 is 1.19 bits per heavy atom. The number of nitrogens with two attached hydrogens (primary N) is 1. The molecule has 32 heavy (non-hydrogen) atoms. The molecule has 0 aromatic heterocycles. The highest BCUT2D eigenvalue weighted by Gasteiger charge is 2.38. The molecule has 1 aromatic carbocycles. The maximum atomic E-state index is 13.0. The summed E-state index contributed by atoms with van der Waals surface area (Å²) in [6.45, 7) is 0.970. The Balaban J connectivity index is 2.20. The smallest absolute Gasteiger partial charge is 0.328 e. The third kappa shape index (κ3) is 6.49. The van der Waals surface area contributed by atoms with Gasteiger partial charge in [0.1, 0.15) is 18.1 Å². The van der Waals surface area contributed by atoms with Crippen molar-refractivity contribution in [3.63, 3.8) is 0 Å². The van der Waals surface area contributed by atoms with Crippen molar-refractivity contribution in [2.45, 2.75) is 56.5 Å². The molecule has 3 amide bonds. The van der Waals surface area contributed by atoms with E-state index in [0.29, 0.717) is 19.4 Å². The zero-order valence-corrected chi connectivity index (χ0v) is 17.8. The highest BCUT2D eigenvalue weighted by Crippen LogP contribution is 2.19. The molecule has 1 aliphatic rings. The van der Waals surface area contributed by atoms with Crippen LogP contribution in [0.2, 0.25) is 0 Å². The zero-order chi connectivity index (χ0) is 23.8. The molecule has 0 saturated carbocycles. The Labute approximate surface area is 185 Å². The van der Waals surface area contributed by atoms with Crippen LogP contribution in [-0.4, -0.2) is 87.3 Å². The number of nitrogens with zero attached hydrogens (tertiary/aromatic N) is 1. The quantitative estimate of drug-likeness (QED) is 0.236. The number of aliphatic hydroxyl groups is 2. The van der Waals surface area contributed by atoms with Crippen LogP contribution >= 0.6 is 0 Å². The molecular weight excluding hydrogens is 420 g/mol. The molecule has 5 atom stereocenters. The van der Waals surface area contributed by atoms with Crippen molar-refractivity contribution >= 4 is 23.7 Å². The van der Waals surface area contributed by atoms with Crippen LogP contribution in [0.15, 0.2) is 30.3 Å². The number of likely N-dealkylation sites (tertiary alicyclic amines) is 1. The maximum absolute atomic E-state index is 13.0. The first-order valence-corrected chi connectivity index (χ1v) is 10.4. The fourth-order valence-corrected chi connectivity index (χ4v) is 3.56. The van der Waals surface area contributed by atoms with Crippen molar-refractivity contribution in [2.24, 2.45) is 5.73 Å². The topological polar surface area (TPSA) is 182 Å². The summed E-state index contributed by atoms with van der Waals surface area (Å²) in [6, 6.07) is 4.11. The fourth-order valence-electron chi connectivity index (χ4n) is 3.56. The van der Waals surface area contributed by atoms with Crippen molar-refractivity contribution in [1.29, 1.82) is 0 Å². The van der Waals surface area contributed by atoms with Gasteiger partial charge in [-0.3, -0.25) is 14.4 Å². The van der Waals surface area contributed by atoms with Crippen LogP contribution in [0.5, 0.6) is 0 Å². The number of carboxylic acid groups (broad SMARTS) is 1. The van der Waals surface area contributed by atoms with E-state index in [4.69, 9.17) is 10.8 Å². The molecule has 0 spiro atoms. The maximum Gasteiger partial charge on any atom is 0.328 e. The molecule has 1 aromatic rings. The Bertz CT molecular complexity index is 818. The average molecular weight is 450 g/mol. The van der Waals surface area contributed by atoms with Crippen molar-refractivity contribution < 1.29 is 34.5 Å². The molecule has 1 aliphatic heterocycles. The number of carbonyl (C=O) groups is 4. The van der Waals surface area contributed by atoms with E-state index in [1.807, 2.05) is 0 Å². The lowest BCUT2D eigenvalue weighted by Crippen LogP contribution is -2.58. The van der Waals surface area contributed by atoms with Gasteiger partial charge >= 0.3 is 5.97 Å². The molecule has 1 fully saturated rings. The van der Waals surface area contributed by atoms with Crippen LogP contribution in [0.3, 0.4) is 0 Å². The van der Waals surface area contributed by atoms with Gasteiger partial charge in [0.25, 0.3) is 0 Å². The monoisotopic (exact) mass is 450 g/mol. The standard InChI is InChI=1S/C21H30N4O7/c1-12(27)17(21(31)32)24-18(28)15(10-13-6-3-2-4-7-13)23-19(29)16-8-5-9-25(16)20(30)14(22)11-26/h2-4,6-7,12,14-17,26-27H,5,8-11,22H2,1H3,(H,23,29)(H,24,28)(H,31,32). The van der Waals surface area contributed by atoms with Gasteiger partial charge in [-0.05, 0) is 25.3 Å². The van der Waals surface area contributed by atoms with E-state index in [9.17, 15) is 29.4 Å². The van der Waals surface area contributed by atoms with Gasteiger partial charge in [0.2, 0.25) is 17.7 Å². The first-order chi connectivity index (χ1) is 15.1. The number of nitrogens with one attached hydrogen (secondary N) is 2. The first kappa shape index (κ1) is 25.2. The van der Waals surface area contributed by atoms with Gasteiger partial charge in [-0.15, -0.1) is 0 Å². The number of carboxylic acids is 1. The van der Waals surface area contributed by atoms with Crippen LogP contribution in [-0.2, 0) is 25.6 Å². The molecule has 0 radical (unpaired) electrons. The van der Waals surface area contributed by atoms with Crippen molar-refractivity contribution in [3.05, 3.63) is 35.9 Å². The zero-order valence-electron chi connectivity index (χ0n) is 17.8. The SMILES string of the molecule is CC(O)C(NC(=O)C(Cc1ccccc1)NC(=O)C1CCCN1C(=O)C(N)CO)C(=O)O. The molecule has 176 valence electrons. The second-order valence-corrected chi connectivity index (χ2v) is 7.79. The lowest BCUT2D eigenvalue weighted by Gasteiger charge is -2.28. The van der Waals surface area contributed by atoms with Crippen LogP contribution < -0.4 is 16.4 Å². The molecular formula is C21H30N4O7. The van der Waals surface area contributed by atoms with Crippen LogP contribution in [0.25, 0.3) is 0 Å². The summed E-state index contributed by atoms with van der Waals surface area (Å²) >= 11 is 0. The summed E-state index contributed by atoms with van der Waals surface area (Å²) < 4.78 is 0. The molecule has 0 bridgehead atoms. The molecule has 1 heterocycles. The molecule has 7 N–H and O–H groups in total. The second-order valence-electron chi connectivity index (χ2n) is 7.79. The highest BCUT2D eigenvalue weighted by molar-refractivity contribution is 5.94. The number of benzene rings is 1. The summed E-state index contributed by atoms with van der Waals surface area (Å²) in [5.74, 6) is -3.34. The number of carbonyl (C=O) groups excluding carboxylic acids is 3. The highest BCUT2D eigenvalue weighted by atomic mass is 16.4. The third-order valence-corrected chi connectivity index (χ3v) is 5.31. The van der Waals surface area contributed by atoms with Gasteiger partial charge in [-0.2, -0.15) is 0 Å². The molecule has 2 rings (SSSR count). The molecule has 5 unspecified atom stereocenters. The largest absolute Gasteiger partial charge is 0.480 e. The Morgan fingerprint density at radius 2 is 1.84 bits per heavy atom. The van der Waals surface area contributed by atoms with Crippen molar-refractivity contribution in [3.8, 4) is 0 Å². The minimum absolute atomic E-state index is 0.0708. The van der Waals surface area contributed by atoms with Gasteiger partial charge in [-0.1, -0.05) is 30.3 Å². The summed E-state index contributed by atoms with van der Waals surface area (Å²) in [5.41, 5.74) is 6.33. The average Bonchev–Trinajstić information content (AvgIpc) is 3.26. The predicted molar refractivity (Wildman–Crippen MR) is 113 cm³/mol. The number of hydrogen-bond donors (Lipinski definition) is 6. The Hall–Kier alpha value is -3.02. The van der Waals surface area contributed by atoms with Gasteiger partial charge in [0.05, 0.1) is 12.7 Å². The summed E-state index contributed by atoms with van der Waals surface area (Å²) in [6.07, 6.45) is -0.365. The van der Waals surface area contributed by atoms with Gasteiger partial charge < -0.3 is 36.6 Å². The van der Waals surface area contributed by atoms with E-state index < -0.39 is 60.6 Å². The number of amides is 3. The van der Waals surface area contributed by atoms with Gasteiger partial charge in [-0.25, -0.2) is 4.79 Å². The van der Waals surface area contributed by atoms with E-state index in [2.05, 4.69) is 10.6 Å². The van der Waals surface area contributed by atoms with E-state index in [-0.39, 0.29) is 6.42 Å². The first-order valence-electron chi connectivity index (χ1n) is 10.4. The van der Waals surface area contributed by atoms with Crippen molar-refractivity contribution in [1.82, 2.24) is 15.5 Å². The Kier molecular flexibility index (Phi) is 9.12. The molecule has 1 saturated heterocycles. The number of hydrogen-bond acceptors (Lipinski definition) is 7. The third-order valence-electron chi connectivity index (χ3n) is 5.31. The normalized spacial score (nSPS) is 19.5. The minimum Gasteiger partial charge on any atom is -0.480 e. The van der Waals surface area contributed by atoms with Crippen LogP contribution in [0.4, 0.5) is 0 Å². The van der Waals surface area contributed by atoms with Crippen LogP contribution in [0.1, 0.15) is 25.3 Å². The predicted octanol–water partition coefficient (Wildman–Crippen LogP) is -2.03. The van der Waals surface area contributed by atoms with Crippen molar-refractivity contribution in [2.75, 3.05) is 13.2 Å². The number of rotatable bonds is 10. The van der Waals surface area contributed by atoms with E-state index in [1.165, 1.54) is 11.8 Å². The molecule has 11 heteroatoms.